The van der Waals surface area contributed by atoms with E-state index in [-0.39, 0.29) is 11.5 Å². The molecule has 1 aliphatic heterocycles. The fraction of sp³-hybridized carbons (Fsp3) is 0.351. The van der Waals surface area contributed by atoms with Crippen LogP contribution in [0.2, 0.25) is 10.0 Å². The zero-order valence-corrected chi connectivity index (χ0v) is 29.4. The molecule has 0 atom stereocenters. The van der Waals surface area contributed by atoms with E-state index in [4.69, 9.17) is 27.9 Å². The standard InChI is InChI=1S/C37H39Cl2N5O4/c1-21-17-26(18-22(2)35(21)39)48-16-6-7-27-28-9-10-31(38)34(33-23(3)41-42(5)24(33)4)29(28)19-30(27)36(45)44-14-12-43(13-15-44)32-11-8-25(20-40-32)37(46)47/h8-11,17-18,20H,6-7,12-16,19H2,1-5H3,(H,46,47). The summed E-state index contributed by atoms with van der Waals surface area (Å²) < 4.78 is 8.02. The van der Waals surface area contributed by atoms with Crippen LogP contribution < -0.4 is 9.64 Å². The molecule has 1 fully saturated rings. The number of carboxylic acids is 1. The first-order valence-electron chi connectivity index (χ1n) is 16.1. The molecule has 0 saturated carbocycles. The molecular formula is C37H39Cl2N5O4. The summed E-state index contributed by atoms with van der Waals surface area (Å²) in [7, 11) is 1.93. The largest absolute Gasteiger partial charge is 0.494 e. The van der Waals surface area contributed by atoms with Gasteiger partial charge in [-0.1, -0.05) is 29.3 Å². The van der Waals surface area contributed by atoms with Crippen LogP contribution in [0.1, 0.15) is 56.8 Å². The minimum Gasteiger partial charge on any atom is -0.494 e. The highest BCUT2D eigenvalue weighted by molar-refractivity contribution is 6.34. The third-order valence-electron chi connectivity index (χ3n) is 9.46. The van der Waals surface area contributed by atoms with Crippen LogP contribution in [0.15, 0.2) is 48.2 Å². The van der Waals surface area contributed by atoms with Crippen molar-refractivity contribution in [2.45, 2.75) is 47.0 Å². The molecule has 48 heavy (non-hydrogen) atoms. The SMILES string of the molecule is Cc1cc(OCCCC2=C(C(=O)N3CCN(c4ccc(C(=O)O)cn4)CC3)Cc3c2ccc(Cl)c3-c2c(C)nn(C)c2C)cc(C)c1Cl. The summed E-state index contributed by atoms with van der Waals surface area (Å²) >= 11 is 13.3. The van der Waals surface area contributed by atoms with Crippen LogP contribution in [0.5, 0.6) is 5.75 Å². The van der Waals surface area contributed by atoms with E-state index in [1.54, 1.807) is 12.1 Å². The van der Waals surface area contributed by atoms with Gasteiger partial charge >= 0.3 is 5.97 Å². The van der Waals surface area contributed by atoms with Crippen molar-refractivity contribution in [2.24, 2.45) is 7.05 Å². The van der Waals surface area contributed by atoms with E-state index < -0.39 is 5.97 Å². The molecule has 1 aliphatic carbocycles. The number of aromatic carboxylic acids is 1. The second-order valence-corrected chi connectivity index (χ2v) is 13.3. The predicted molar refractivity (Wildman–Crippen MR) is 189 cm³/mol. The summed E-state index contributed by atoms with van der Waals surface area (Å²) in [5, 5.41) is 15.3. The molecule has 1 saturated heterocycles. The number of carbonyl (C=O) groups excluding carboxylic acids is 1. The zero-order chi connectivity index (χ0) is 34.3. The van der Waals surface area contributed by atoms with Crippen LogP contribution >= 0.6 is 23.2 Å². The smallest absolute Gasteiger partial charge is 0.337 e. The number of ether oxygens (including phenoxy) is 1. The number of halogens is 2. The van der Waals surface area contributed by atoms with Gasteiger partial charge in [0.25, 0.3) is 5.91 Å². The van der Waals surface area contributed by atoms with Crippen molar-refractivity contribution in [1.82, 2.24) is 19.7 Å². The van der Waals surface area contributed by atoms with Crippen LogP contribution in [0.4, 0.5) is 5.82 Å². The molecule has 2 aromatic carbocycles. The molecule has 0 bridgehead atoms. The quantitative estimate of drug-likeness (QED) is 0.185. The molecular weight excluding hydrogens is 649 g/mol. The maximum atomic E-state index is 14.3. The van der Waals surface area contributed by atoms with E-state index in [9.17, 15) is 14.7 Å². The molecule has 6 rings (SSSR count). The number of rotatable bonds is 9. The average molecular weight is 689 g/mol. The Balaban J connectivity index is 1.26. The van der Waals surface area contributed by atoms with Gasteiger partial charge in [-0.2, -0.15) is 5.10 Å². The van der Waals surface area contributed by atoms with Gasteiger partial charge in [0.2, 0.25) is 0 Å². The van der Waals surface area contributed by atoms with Gasteiger partial charge in [-0.3, -0.25) is 9.48 Å². The van der Waals surface area contributed by atoms with E-state index >= 15 is 0 Å². The van der Waals surface area contributed by atoms with E-state index in [0.717, 1.165) is 73.1 Å². The number of fused-ring (bicyclic) bond motifs is 1. The average Bonchev–Trinajstić information content (AvgIpc) is 3.56. The summed E-state index contributed by atoms with van der Waals surface area (Å²) in [5.41, 5.74) is 9.92. The summed E-state index contributed by atoms with van der Waals surface area (Å²) in [6.45, 7) is 10.7. The lowest BCUT2D eigenvalue weighted by Crippen LogP contribution is -2.49. The molecule has 1 N–H and O–H groups in total. The molecule has 1 amide bonds. The van der Waals surface area contributed by atoms with Gasteiger partial charge in [-0.15, -0.1) is 0 Å². The summed E-state index contributed by atoms with van der Waals surface area (Å²) in [6.07, 6.45) is 3.25. The van der Waals surface area contributed by atoms with E-state index in [1.165, 1.54) is 6.20 Å². The molecule has 3 heterocycles. The van der Waals surface area contributed by atoms with Crippen molar-refractivity contribution in [3.05, 3.63) is 97.4 Å². The predicted octanol–water partition coefficient (Wildman–Crippen LogP) is 7.24. The number of amides is 1. The highest BCUT2D eigenvalue weighted by atomic mass is 35.5. The van der Waals surface area contributed by atoms with Gasteiger partial charge < -0.3 is 19.6 Å². The van der Waals surface area contributed by atoms with Crippen molar-refractivity contribution in [3.8, 4) is 16.9 Å². The Labute approximate surface area is 290 Å². The number of aryl methyl sites for hydroxylation is 4. The third kappa shape index (κ3) is 6.41. The fourth-order valence-electron chi connectivity index (χ4n) is 6.89. The lowest BCUT2D eigenvalue weighted by atomic mass is 9.93. The molecule has 250 valence electrons. The number of nitrogens with zero attached hydrogens (tertiary/aromatic N) is 5. The van der Waals surface area contributed by atoms with Gasteiger partial charge in [0.05, 0.1) is 17.9 Å². The number of pyridine rings is 1. The first-order valence-corrected chi connectivity index (χ1v) is 16.9. The summed E-state index contributed by atoms with van der Waals surface area (Å²) in [4.78, 5) is 33.9. The first kappa shape index (κ1) is 33.6. The minimum absolute atomic E-state index is 0.0293. The monoisotopic (exact) mass is 687 g/mol. The molecule has 2 aromatic heterocycles. The maximum absolute atomic E-state index is 14.3. The van der Waals surface area contributed by atoms with Gasteiger partial charge in [-0.25, -0.2) is 9.78 Å². The van der Waals surface area contributed by atoms with Crippen molar-refractivity contribution >= 4 is 46.5 Å². The Morgan fingerprint density at radius 3 is 2.27 bits per heavy atom. The number of hydrogen-bond donors (Lipinski definition) is 1. The topological polar surface area (TPSA) is 101 Å². The van der Waals surface area contributed by atoms with Crippen LogP contribution in [0.25, 0.3) is 16.7 Å². The van der Waals surface area contributed by atoms with Crippen molar-refractivity contribution in [1.29, 1.82) is 0 Å². The van der Waals surface area contributed by atoms with Crippen molar-refractivity contribution in [2.75, 3.05) is 37.7 Å². The minimum atomic E-state index is -1.01. The van der Waals surface area contributed by atoms with Gasteiger partial charge in [0.1, 0.15) is 11.6 Å². The summed E-state index contributed by atoms with van der Waals surface area (Å²) in [6, 6.07) is 11.2. The van der Waals surface area contributed by atoms with Gasteiger partial charge in [0, 0.05) is 78.3 Å². The van der Waals surface area contributed by atoms with Gasteiger partial charge in [0.15, 0.2) is 0 Å². The van der Waals surface area contributed by atoms with E-state index in [0.29, 0.717) is 56.5 Å². The fourth-order valence-corrected chi connectivity index (χ4v) is 7.27. The van der Waals surface area contributed by atoms with Crippen LogP contribution in [-0.2, 0) is 18.3 Å². The number of hydrogen-bond acceptors (Lipinski definition) is 6. The Bertz CT molecular complexity index is 1920. The Hall–Kier alpha value is -4.34. The second-order valence-electron chi connectivity index (χ2n) is 12.6. The summed E-state index contributed by atoms with van der Waals surface area (Å²) in [5.74, 6) is 0.508. The number of piperazine rings is 1. The van der Waals surface area contributed by atoms with Crippen LogP contribution in [0, 0.1) is 27.7 Å². The highest BCUT2D eigenvalue weighted by Crippen LogP contribution is 2.46. The molecule has 0 spiro atoms. The van der Waals surface area contributed by atoms with E-state index in [1.807, 2.05) is 62.5 Å². The van der Waals surface area contributed by atoms with Crippen LogP contribution in [0.3, 0.4) is 0 Å². The highest BCUT2D eigenvalue weighted by Gasteiger charge is 2.34. The lowest BCUT2D eigenvalue weighted by molar-refractivity contribution is -0.127. The number of allylic oxidation sites excluding steroid dienone is 1. The number of carbonyl (C=O) groups is 2. The van der Waals surface area contributed by atoms with Crippen LogP contribution in [-0.4, -0.2) is 69.4 Å². The molecule has 11 heteroatoms. The second kappa shape index (κ2) is 13.6. The third-order valence-corrected chi connectivity index (χ3v) is 10.4. The molecule has 9 nitrogen and oxygen atoms in total. The number of anilines is 1. The Kier molecular flexibility index (Phi) is 9.54. The number of carboxylic acid groups (broad SMARTS) is 1. The lowest BCUT2D eigenvalue weighted by Gasteiger charge is -2.36. The maximum Gasteiger partial charge on any atom is 0.337 e. The number of aromatic nitrogens is 3. The Morgan fingerprint density at radius 2 is 1.67 bits per heavy atom. The van der Waals surface area contributed by atoms with Gasteiger partial charge in [-0.05, 0) is 98.7 Å². The first-order chi connectivity index (χ1) is 22.9. The molecule has 0 unspecified atom stereocenters. The zero-order valence-electron chi connectivity index (χ0n) is 27.9. The normalized spacial score (nSPS) is 14.5. The molecule has 4 aromatic rings. The van der Waals surface area contributed by atoms with E-state index in [2.05, 4.69) is 21.0 Å². The van der Waals surface area contributed by atoms with Crippen molar-refractivity contribution < 1.29 is 19.4 Å². The molecule has 0 radical (unpaired) electrons. The molecule has 2 aliphatic rings. The number of benzene rings is 2. The Morgan fingerprint density at radius 1 is 0.958 bits per heavy atom. The van der Waals surface area contributed by atoms with Crippen molar-refractivity contribution in [3.63, 3.8) is 0 Å².